The van der Waals surface area contributed by atoms with E-state index in [-0.39, 0.29) is 29.8 Å². The van der Waals surface area contributed by atoms with Gasteiger partial charge in [0.25, 0.3) is 5.56 Å². The van der Waals surface area contributed by atoms with E-state index in [1.54, 1.807) is 16.8 Å². The number of aromatic nitrogens is 1. The largest absolute Gasteiger partial charge is 0.325 e. The fraction of sp³-hybridized carbons (Fsp3) is 0.500. The number of hydrogen-bond acceptors (Lipinski definition) is 3. The van der Waals surface area contributed by atoms with Crippen LogP contribution in [-0.2, 0) is 11.3 Å². The Hall–Kier alpha value is -1.33. The first-order valence-corrected chi connectivity index (χ1v) is 5.93. The van der Waals surface area contributed by atoms with E-state index in [9.17, 15) is 9.59 Å². The van der Waals surface area contributed by atoms with Gasteiger partial charge in [-0.1, -0.05) is 0 Å². The van der Waals surface area contributed by atoms with Gasteiger partial charge in [0.1, 0.15) is 0 Å². The quantitative estimate of drug-likeness (QED) is 0.856. The molecule has 1 aliphatic heterocycles. The summed E-state index contributed by atoms with van der Waals surface area (Å²) in [5.41, 5.74) is 0.636. The van der Waals surface area contributed by atoms with Crippen LogP contribution in [0.1, 0.15) is 13.3 Å². The Morgan fingerprint density at radius 2 is 2.33 bits per heavy atom. The molecule has 1 unspecified atom stereocenters. The number of halogens is 1. The number of hydrogen-bond donors (Lipinski definition) is 2. The highest BCUT2D eigenvalue weighted by molar-refractivity contribution is 5.92. The Bertz CT molecular complexity index is 467. The molecule has 2 rings (SSSR count). The number of aryl methyl sites for hydroxylation is 1. The average Bonchev–Trinajstić information content (AvgIpc) is 2.85. The third-order valence-corrected chi connectivity index (χ3v) is 3.02. The molecule has 2 heterocycles. The smallest absolute Gasteiger partial charge is 0.250 e. The third-order valence-electron chi connectivity index (χ3n) is 3.02. The predicted molar refractivity (Wildman–Crippen MR) is 73.2 cm³/mol. The molecule has 0 bridgehead atoms. The Morgan fingerprint density at radius 3 is 2.94 bits per heavy atom. The summed E-state index contributed by atoms with van der Waals surface area (Å²) in [5.74, 6) is 0.0632. The topological polar surface area (TPSA) is 63.1 Å². The SMILES string of the molecule is CCn1cc(NC(=O)C2CCNC2)ccc1=O.Cl. The van der Waals surface area contributed by atoms with Gasteiger partial charge in [-0.25, -0.2) is 0 Å². The molecule has 1 saturated heterocycles. The van der Waals surface area contributed by atoms with Gasteiger partial charge in [-0.3, -0.25) is 9.59 Å². The number of carbonyl (C=O) groups is 1. The predicted octanol–water partition coefficient (Wildman–Crippen LogP) is 0.838. The second-order valence-corrected chi connectivity index (χ2v) is 4.22. The lowest BCUT2D eigenvalue weighted by molar-refractivity contribution is -0.119. The summed E-state index contributed by atoms with van der Waals surface area (Å²) in [6.07, 6.45) is 2.56. The molecule has 0 saturated carbocycles. The minimum atomic E-state index is -0.0481. The maximum atomic E-state index is 11.9. The Kier molecular flexibility index (Phi) is 5.37. The lowest BCUT2D eigenvalue weighted by Crippen LogP contribution is -2.26. The second-order valence-electron chi connectivity index (χ2n) is 4.22. The van der Waals surface area contributed by atoms with Gasteiger partial charge in [0.05, 0.1) is 11.6 Å². The summed E-state index contributed by atoms with van der Waals surface area (Å²) in [6.45, 7) is 4.13. The molecule has 1 aliphatic rings. The van der Waals surface area contributed by atoms with Crippen LogP contribution in [0.25, 0.3) is 0 Å². The van der Waals surface area contributed by atoms with Crippen LogP contribution < -0.4 is 16.2 Å². The highest BCUT2D eigenvalue weighted by Crippen LogP contribution is 2.11. The zero-order valence-corrected chi connectivity index (χ0v) is 11.1. The van der Waals surface area contributed by atoms with Gasteiger partial charge >= 0.3 is 0 Å². The zero-order valence-electron chi connectivity index (χ0n) is 10.3. The van der Waals surface area contributed by atoms with Crippen molar-refractivity contribution in [1.82, 2.24) is 9.88 Å². The number of anilines is 1. The Balaban J connectivity index is 0.00000162. The van der Waals surface area contributed by atoms with Crippen molar-refractivity contribution in [2.75, 3.05) is 18.4 Å². The summed E-state index contributed by atoms with van der Waals surface area (Å²) >= 11 is 0. The molecule has 0 aromatic carbocycles. The lowest BCUT2D eigenvalue weighted by atomic mass is 10.1. The molecule has 0 spiro atoms. The first kappa shape index (κ1) is 14.7. The van der Waals surface area contributed by atoms with Crippen molar-refractivity contribution < 1.29 is 4.79 Å². The van der Waals surface area contributed by atoms with Gasteiger partial charge in [0.2, 0.25) is 5.91 Å². The number of amides is 1. The minimum absolute atomic E-state index is 0. The fourth-order valence-corrected chi connectivity index (χ4v) is 1.98. The van der Waals surface area contributed by atoms with Crippen LogP contribution in [0.3, 0.4) is 0 Å². The van der Waals surface area contributed by atoms with Crippen LogP contribution in [0.2, 0.25) is 0 Å². The van der Waals surface area contributed by atoms with E-state index < -0.39 is 0 Å². The number of nitrogens with zero attached hydrogens (tertiary/aromatic N) is 1. The van der Waals surface area contributed by atoms with Gasteiger partial charge in [-0.15, -0.1) is 12.4 Å². The molecule has 1 aromatic heterocycles. The van der Waals surface area contributed by atoms with E-state index >= 15 is 0 Å². The van der Waals surface area contributed by atoms with Crippen molar-refractivity contribution in [3.05, 3.63) is 28.7 Å². The summed E-state index contributed by atoms with van der Waals surface area (Å²) in [4.78, 5) is 23.2. The van der Waals surface area contributed by atoms with E-state index in [0.717, 1.165) is 19.5 Å². The number of nitrogens with one attached hydrogen (secondary N) is 2. The number of rotatable bonds is 3. The van der Waals surface area contributed by atoms with Crippen molar-refractivity contribution in [2.24, 2.45) is 5.92 Å². The normalized spacial score (nSPS) is 18.2. The maximum Gasteiger partial charge on any atom is 0.250 e. The van der Waals surface area contributed by atoms with Crippen molar-refractivity contribution in [3.8, 4) is 0 Å². The minimum Gasteiger partial charge on any atom is -0.325 e. The van der Waals surface area contributed by atoms with Crippen molar-refractivity contribution in [3.63, 3.8) is 0 Å². The maximum absolute atomic E-state index is 11.9. The van der Waals surface area contributed by atoms with Gasteiger partial charge in [0.15, 0.2) is 0 Å². The van der Waals surface area contributed by atoms with Crippen LogP contribution in [0, 0.1) is 5.92 Å². The van der Waals surface area contributed by atoms with Crippen LogP contribution in [0.15, 0.2) is 23.1 Å². The first-order chi connectivity index (χ1) is 8.20. The van der Waals surface area contributed by atoms with Crippen LogP contribution in [-0.4, -0.2) is 23.6 Å². The van der Waals surface area contributed by atoms with Crippen LogP contribution >= 0.6 is 12.4 Å². The van der Waals surface area contributed by atoms with E-state index in [2.05, 4.69) is 10.6 Å². The van der Waals surface area contributed by atoms with E-state index in [4.69, 9.17) is 0 Å². The average molecular weight is 272 g/mol. The molecular weight excluding hydrogens is 254 g/mol. The van der Waals surface area contributed by atoms with Crippen molar-refractivity contribution in [2.45, 2.75) is 19.9 Å². The van der Waals surface area contributed by atoms with Crippen molar-refractivity contribution >= 4 is 24.0 Å². The summed E-state index contributed by atoms with van der Waals surface area (Å²) < 4.78 is 1.57. The molecular formula is C12H18ClN3O2. The number of pyridine rings is 1. The summed E-state index contributed by atoms with van der Waals surface area (Å²) in [6, 6.07) is 3.13. The first-order valence-electron chi connectivity index (χ1n) is 5.93. The Labute approximate surface area is 112 Å². The summed E-state index contributed by atoms with van der Waals surface area (Å²) in [5, 5.41) is 6.00. The lowest BCUT2D eigenvalue weighted by Gasteiger charge is -2.11. The molecule has 100 valence electrons. The standard InChI is InChI=1S/C12H17N3O2.ClH/c1-2-15-8-10(3-4-11(15)16)14-12(17)9-5-6-13-7-9;/h3-4,8-9,13H,2,5-7H2,1H3,(H,14,17);1H. The second kappa shape index (κ2) is 6.56. The molecule has 1 aromatic rings. The molecule has 0 aliphatic carbocycles. The van der Waals surface area contributed by atoms with Crippen LogP contribution in [0.4, 0.5) is 5.69 Å². The van der Waals surface area contributed by atoms with Crippen LogP contribution in [0.5, 0.6) is 0 Å². The molecule has 0 radical (unpaired) electrons. The van der Waals surface area contributed by atoms with E-state index in [0.29, 0.717) is 12.2 Å². The van der Waals surface area contributed by atoms with Crippen molar-refractivity contribution in [1.29, 1.82) is 0 Å². The molecule has 5 nitrogen and oxygen atoms in total. The Morgan fingerprint density at radius 1 is 1.56 bits per heavy atom. The van der Waals surface area contributed by atoms with Gasteiger partial charge in [0, 0.05) is 25.4 Å². The van der Waals surface area contributed by atoms with E-state index in [1.165, 1.54) is 6.07 Å². The highest BCUT2D eigenvalue weighted by Gasteiger charge is 2.22. The van der Waals surface area contributed by atoms with Gasteiger partial charge in [-0.05, 0) is 26.0 Å². The fourth-order valence-electron chi connectivity index (χ4n) is 1.98. The third kappa shape index (κ3) is 3.34. The van der Waals surface area contributed by atoms with Gasteiger partial charge < -0.3 is 15.2 Å². The van der Waals surface area contributed by atoms with Gasteiger partial charge in [-0.2, -0.15) is 0 Å². The highest BCUT2D eigenvalue weighted by atomic mass is 35.5. The monoisotopic (exact) mass is 271 g/mol. The van der Waals surface area contributed by atoms with E-state index in [1.807, 2.05) is 6.92 Å². The molecule has 18 heavy (non-hydrogen) atoms. The molecule has 6 heteroatoms. The number of carbonyl (C=O) groups excluding carboxylic acids is 1. The molecule has 2 N–H and O–H groups in total. The molecule has 1 atom stereocenters. The molecule has 1 fully saturated rings. The summed E-state index contributed by atoms with van der Waals surface area (Å²) in [7, 11) is 0. The zero-order chi connectivity index (χ0) is 12.3. The molecule has 1 amide bonds.